The Morgan fingerprint density at radius 3 is 2.23 bits per heavy atom. The van der Waals surface area contributed by atoms with Crippen LogP contribution in [0.15, 0.2) is 46.9 Å². The van der Waals surface area contributed by atoms with Crippen LogP contribution in [0.4, 0.5) is 0 Å². The first-order valence-electron chi connectivity index (χ1n) is 6.81. The van der Waals surface area contributed by atoms with E-state index in [0.717, 1.165) is 4.47 Å². The number of esters is 1. The van der Waals surface area contributed by atoms with Crippen LogP contribution >= 0.6 is 15.9 Å². The van der Waals surface area contributed by atoms with Gasteiger partial charge in [0.15, 0.2) is 0 Å². The number of hydrogen-bond donors (Lipinski definition) is 0. The third-order valence-corrected chi connectivity index (χ3v) is 3.25. The molecule has 0 unspecified atom stereocenters. The monoisotopic (exact) mass is 364 g/mol. The molecule has 2 aromatic carbocycles. The summed E-state index contributed by atoms with van der Waals surface area (Å²) in [6.45, 7) is 3.83. The van der Waals surface area contributed by atoms with E-state index in [1.807, 2.05) is 38.1 Å². The minimum Gasteiger partial charge on any atom is -0.491 e. The second-order valence-corrected chi connectivity index (χ2v) is 5.82. The van der Waals surface area contributed by atoms with E-state index in [4.69, 9.17) is 14.2 Å². The molecule has 0 saturated carbocycles. The normalized spacial score (nSPS) is 10.4. The summed E-state index contributed by atoms with van der Waals surface area (Å²) in [5, 5.41) is 0. The van der Waals surface area contributed by atoms with E-state index in [0.29, 0.717) is 22.8 Å². The lowest BCUT2D eigenvalue weighted by Crippen LogP contribution is -2.07. The predicted molar refractivity (Wildman–Crippen MR) is 87.8 cm³/mol. The van der Waals surface area contributed by atoms with Crippen molar-refractivity contribution in [3.8, 4) is 17.2 Å². The third-order valence-electron chi connectivity index (χ3n) is 2.72. The van der Waals surface area contributed by atoms with Crippen LogP contribution in [-0.4, -0.2) is 19.2 Å². The van der Waals surface area contributed by atoms with Crippen LogP contribution in [0.3, 0.4) is 0 Å². The van der Waals surface area contributed by atoms with E-state index in [1.54, 1.807) is 18.2 Å². The molecular formula is C17H17BrO4. The van der Waals surface area contributed by atoms with Gasteiger partial charge in [-0.3, -0.25) is 0 Å². The molecule has 0 spiro atoms. The van der Waals surface area contributed by atoms with Gasteiger partial charge in [-0.25, -0.2) is 4.79 Å². The Labute approximate surface area is 138 Å². The Hall–Kier alpha value is -2.01. The maximum Gasteiger partial charge on any atom is 0.338 e. The fourth-order valence-electron chi connectivity index (χ4n) is 1.85. The quantitative estimate of drug-likeness (QED) is 0.713. The van der Waals surface area contributed by atoms with Crippen molar-refractivity contribution in [3.05, 3.63) is 52.5 Å². The zero-order valence-corrected chi connectivity index (χ0v) is 14.2. The molecule has 0 radical (unpaired) electrons. The molecule has 0 aliphatic carbocycles. The number of benzene rings is 2. The number of carbonyl (C=O) groups excluding carboxylic acids is 1. The Kier molecular flexibility index (Phi) is 5.44. The molecule has 4 nitrogen and oxygen atoms in total. The van der Waals surface area contributed by atoms with Crippen LogP contribution in [0, 0.1) is 0 Å². The van der Waals surface area contributed by atoms with Crippen LogP contribution in [0.1, 0.15) is 24.2 Å². The molecule has 2 aromatic rings. The zero-order chi connectivity index (χ0) is 16.1. The summed E-state index contributed by atoms with van der Waals surface area (Å²) in [7, 11) is 1.34. The van der Waals surface area contributed by atoms with Gasteiger partial charge in [-0.2, -0.15) is 0 Å². The Morgan fingerprint density at radius 1 is 1.00 bits per heavy atom. The average Bonchev–Trinajstić information content (AvgIpc) is 2.48. The van der Waals surface area contributed by atoms with Crippen molar-refractivity contribution in [2.45, 2.75) is 20.0 Å². The molecule has 116 valence electrons. The smallest absolute Gasteiger partial charge is 0.338 e. The van der Waals surface area contributed by atoms with Crippen molar-refractivity contribution >= 4 is 21.9 Å². The van der Waals surface area contributed by atoms with Gasteiger partial charge in [0.1, 0.15) is 17.2 Å². The van der Waals surface area contributed by atoms with Crippen molar-refractivity contribution in [3.63, 3.8) is 0 Å². The molecule has 0 amide bonds. The van der Waals surface area contributed by atoms with Gasteiger partial charge in [0.25, 0.3) is 0 Å². The first-order chi connectivity index (χ1) is 10.5. The fourth-order valence-corrected chi connectivity index (χ4v) is 2.11. The zero-order valence-electron chi connectivity index (χ0n) is 12.6. The van der Waals surface area contributed by atoms with Crippen molar-refractivity contribution in [1.29, 1.82) is 0 Å². The van der Waals surface area contributed by atoms with Crippen LogP contribution < -0.4 is 9.47 Å². The predicted octanol–water partition coefficient (Wildman–Crippen LogP) is 4.82. The van der Waals surface area contributed by atoms with E-state index in [-0.39, 0.29) is 6.10 Å². The number of rotatable bonds is 5. The number of ether oxygens (including phenoxy) is 3. The van der Waals surface area contributed by atoms with Gasteiger partial charge in [-0.1, -0.05) is 15.9 Å². The Balaban J connectivity index is 2.32. The molecule has 0 bridgehead atoms. The molecule has 0 aliphatic rings. The second-order valence-electron chi connectivity index (χ2n) is 4.91. The largest absolute Gasteiger partial charge is 0.491 e. The van der Waals surface area contributed by atoms with Gasteiger partial charge in [0.05, 0.1) is 18.8 Å². The lowest BCUT2D eigenvalue weighted by atomic mass is 10.2. The van der Waals surface area contributed by atoms with E-state index < -0.39 is 5.97 Å². The van der Waals surface area contributed by atoms with E-state index in [1.165, 1.54) is 7.11 Å². The summed E-state index contributed by atoms with van der Waals surface area (Å²) in [6, 6.07) is 12.4. The molecule has 0 heterocycles. The van der Waals surface area contributed by atoms with E-state index in [2.05, 4.69) is 15.9 Å². The molecule has 0 N–H and O–H groups in total. The van der Waals surface area contributed by atoms with Crippen LogP contribution in [0.25, 0.3) is 0 Å². The molecule has 22 heavy (non-hydrogen) atoms. The van der Waals surface area contributed by atoms with Crippen molar-refractivity contribution in [1.82, 2.24) is 0 Å². The van der Waals surface area contributed by atoms with Crippen molar-refractivity contribution < 1.29 is 19.0 Å². The summed E-state index contributed by atoms with van der Waals surface area (Å²) >= 11 is 3.37. The molecule has 0 saturated heterocycles. The summed E-state index contributed by atoms with van der Waals surface area (Å²) in [5.41, 5.74) is 0.382. The fraction of sp³-hybridized carbons (Fsp3) is 0.235. The van der Waals surface area contributed by atoms with Gasteiger partial charge >= 0.3 is 5.97 Å². The topological polar surface area (TPSA) is 44.8 Å². The second kappa shape index (κ2) is 7.31. The van der Waals surface area contributed by atoms with Crippen LogP contribution in [0.5, 0.6) is 17.2 Å². The highest BCUT2D eigenvalue weighted by Crippen LogP contribution is 2.29. The Bertz CT molecular complexity index is 650. The lowest BCUT2D eigenvalue weighted by molar-refractivity contribution is 0.0599. The first-order valence-corrected chi connectivity index (χ1v) is 7.60. The standard InChI is InChI=1S/C17H17BrO4/c1-11(2)21-15-8-12(17(19)20-3)9-16(10-15)22-14-6-4-13(18)5-7-14/h4-11H,1-3H3. The summed E-state index contributed by atoms with van der Waals surface area (Å²) in [6.07, 6.45) is -0.00609. The van der Waals surface area contributed by atoms with Crippen LogP contribution in [0.2, 0.25) is 0 Å². The van der Waals surface area contributed by atoms with Crippen LogP contribution in [-0.2, 0) is 4.74 Å². The SMILES string of the molecule is COC(=O)c1cc(Oc2ccc(Br)cc2)cc(OC(C)C)c1. The van der Waals surface area contributed by atoms with Gasteiger partial charge in [0.2, 0.25) is 0 Å². The highest BCUT2D eigenvalue weighted by molar-refractivity contribution is 9.10. The van der Waals surface area contributed by atoms with E-state index >= 15 is 0 Å². The molecule has 5 heteroatoms. The average molecular weight is 365 g/mol. The van der Waals surface area contributed by atoms with Gasteiger partial charge in [-0.05, 0) is 50.2 Å². The maximum absolute atomic E-state index is 11.8. The van der Waals surface area contributed by atoms with Crippen molar-refractivity contribution in [2.24, 2.45) is 0 Å². The molecule has 0 aliphatic heterocycles. The molecule has 2 rings (SSSR count). The summed E-state index contributed by atoms with van der Waals surface area (Å²) < 4.78 is 17.2. The van der Waals surface area contributed by atoms with Gasteiger partial charge in [0, 0.05) is 10.5 Å². The third kappa shape index (κ3) is 4.49. The number of methoxy groups -OCH3 is 1. The highest BCUT2D eigenvalue weighted by Gasteiger charge is 2.12. The summed E-state index contributed by atoms with van der Waals surface area (Å²) in [5.74, 6) is 1.31. The van der Waals surface area contributed by atoms with Gasteiger partial charge in [-0.15, -0.1) is 0 Å². The Morgan fingerprint density at radius 2 is 1.64 bits per heavy atom. The van der Waals surface area contributed by atoms with E-state index in [9.17, 15) is 4.79 Å². The minimum atomic E-state index is -0.435. The molecule has 0 fully saturated rings. The summed E-state index contributed by atoms with van der Waals surface area (Å²) in [4.78, 5) is 11.8. The number of hydrogen-bond acceptors (Lipinski definition) is 4. The molecular weight excluding hydrogens is 348 g/mol. The molecule has 0 atom stereocenters. The number of carbonyl (C=O) groups is 1. The van der Waals surface area contributed by atoms with Crippen molar-refractivity contribution in [2.75, 3.05) is 7.11 Å². The van der Waals surface area contributed by atoms with Gasteiger partial charge < -0.3 is 14.2 Å². The maximum atomic E-state index is 11.8. The highest BCUT2D eigenvalue weighted by atomic mass is 79.9. The number of halogens is 1. The first kappa shape index (κ1) is 16.4. The molecule has 0 aromatic heterocycles. The minimum absolute atomic E-state index is 0.00609. The lowest BCUT2D eigenvalue weighted by Gasteiger charge is -2.13.